The van der Waals surface area contributed by atoms with E-state index in [-0.39, 0.29) is 11.9 Å². The number of nitrogens with zero attached hydrogens (tertiary/aromatic N) is 3. The van der Waals surface area contributed by atoms with E-state index in [1.54, 1.807) is 6.92 Å². The molecule has 1 atom stereocenters. The Balaban J connectivity index is 1.82. The van der Waals surface area contributed by atoms with E-state index in [0.29, 0.717) is 0 Å². The smallest absolute Gasteiger partial charge is 0.219 e. The second kappa shape index (κ2) is 6.67. The number of anilines is 1. The van der Waals surface area contributed by atoms with Gasteiger partial charge in [0.1, 0.15) is 5.82 Å². The number of hydrogen-bond donors (Lipinski definition) is 0. The standard InChI is InChI=1S/C18H27N3O/c1-14-12-16(17-8-4-7-11-21(17)15(2)22)13-19-18(14)20-9-5-3-6-10-20/h12-13,17H,3-11H2,1-2H3/t17-/m0/s1. The van der Waals surface area contributed by atoms with E-state index in [1.165, 1.54) is 36.8 Å². The molecule has 0 unspecified atom stereocenters. The number of carbonyl (C=O) groups excluding carboxylic acids is 1. The fourth-order valence-corrected chi connectivity index (χ4v) is 3.86. The van der Waals surface area contributed by atoms with Crippen molar-refractivity contribution in [3.05, 3.63) is 23.4 Å². The summed E-state index contributed by atoms with van der Waals surface area (Å²) in [4.78, 5) is 21.1. The first-order valence-electron chi connectivity index (χ1n) is 8.65. The van der Waals surface area contributed by atoms with Crippen molar-refractivity contribution in [2.45, 2.75) is 58.4 Å². The minimum absolute atomic E-state index is 0.183. The Kier molecular flexibility index (Phi) is 4.65. The molecule has 0 saturated carbocycles. The zero-order chi connectivity index (χ0) is 15.5. The average molecular weight is 301 g/mol. The molecule has 0 spiro atoms. The summed E-state index contributed by atoms with van der Waals surface area (Å²) in [6, 6.07) is 2.47. The van der Waals surface area contributed by atoms with Gasteiger partial charge in [-0.25, -0.2) is 4.98 Å². The Morgan fingerprint density at radius 1 is 1.14 bits per heavy atom. The fourth-order valence-electron chi connectivity index (χ4n) is 3.86. The van der Waals surface area contributed by atoms with Crippen LogP contribution in [-0.2, 0) is 4.79 Å². The molecule has 120 valence electrons. The van der Waals surface area contributed by atoms with E-state index >= 15 is 0 Å². The number of rotatable bonds is 2. The van der Waals surface area contributed by atoms with Gasteiger partial charge < -0.3 is 9.80 Å². The zero-order valence-electron chi connectivity index (χ0n) is 13.8. The van der Waals surface area contributed by atoms with Crippen molar-refractivity contribution in [1.82, 2.24) is 9.88 Å². The van der Waals surface area contributed by atoms with Gasteiger partial charge >= 0.3 is 0 Å². The van der Waals surface area contributed by atoms with Crippen LogP contribution in [0, 0.1) is 6.92 Å². The van der Waals surface area contributed by atoms with Crippen molar-refractivity contribution < 1.29 is 4.79 Å². The number of pyridine rings is 1. The highest BCUT2D eigenvalue weighted by atomic mass is 16.2. The van der Waals surface area contributed by atoms with Crippen LogP contribution in [0.1, 0.15) is 62.6 Å². The summed E-state index contributed by atoms with van der Waals surface area (Å²) in [6.07, 6.45) is 9.25. The molecule has 4 heteroatoms. The maximum Gasteiger partial charge on any atom is 0.219 e. The van der Waals surface area contributed by atoms with Crippen LogP contribution in [0.3, 0.4) is 0 Å². The van der Waals surface area contributed by atoms with Crippen molar-refractivity contribution in [2.75, 3.05) is 24.5 Å². The van der Waals surface area contributed by atoms with Crippen molar-refractivity contribution in [2.24, 2.45) is 0 Å². The van der Waals surface area contributed by atoms with Gasteiger partial charge in [-0.2, -0.15) is 0 Å². The topological polar surface area (TPSA) is 36.4 Å². The number of amides is 1. The first-order valence-corrected chi connectivity index (χ1v) is 8.65. The lowest BCUT2D eigenvalue weighted by Gasteiger charge is -2.36. The van der Waals surface area contributed by atoms with E-state index in [4.69, 9.17) is 4.98 Å². The Morgan fingerprint density at radius 3 is 2.55 bits per heavy atom. The minimum atomic E-state index is 0.183. The summed E-state index contributed by atoms with van der Waals surface area (Å²) in [5.74, 6) is 1.32. The predicted molar refractivity (Wildman–Crippen MR) is 89.0 cm³/mol. The van der Waals surface area contributed by atoms with E-state index in [2.05, 4.69) is 17.9 Å². The normalized spacial score (nSPS) is 22.7. The molecule has 4 nitrogen and oxygen atoms in total. The fraction of sp³-hybridized carbons (Fsp3) is 0.667. The van der Waals surface area contributed by atoms with Crippen molar-refractivity contribution in [3.63, 3.8) is 0 Å². The summed E-state index contributed by atoms with van der Waals surface area (Å²) >= 11 is 0. The van der Waals surface area contributed by atoms with Gasteiger partial charge in [-0.15, -0.1) is 0 Å². The van der Waals surface area contributed by atoms with Crippen LogP contribution < -0.4 is 4.90 Å². The molecule has 3 heterocycles. The van der Waals surface area contributed by atoms with Gasteiger partial charge in [-0.3, -0.25) is 4.79 Å². The number of hydrogen-bond acceptors (Lipinski definition) is 3. The van der Waals surface area contributed by atoms with Gasteiger partial charge in [0.25, 0.3) is 0 Å². The Labute approximate surface area is 133 Å². The van der Waals surface area contributed by atoms with Crippen LogP contribution in [0.25, 0.3) is 0 Å². The largest absolute Gasteiger partial charge is 0.356 e. The summed E-state index contributed by atoms with van der Waals surface area (Å²) in [5.41, 5.74) is 2.45. The quantitative estimate of drug-likeness (QED) is 0.839. The van der Waals surface area contributed by atoms with E-state index in [1.807, 2.05) is 11.1 Å². The van der Waals surface area contributed by atoms with Crippen LogP contribution in [0.4, 0.5) is 5.82 Å². The van der Waals surface area contributed by atoms with Crippen molar-refractivity contribution in [1.29, 1.82) is 0 Å². The molecule has 0 N–H and O–H groups in total. The zero-order valence-corrected chi connectivity index (χ0v) is 13.8. The van der Waals surface area contributed by atoms with Gasteiger partial charge in [0.2, 0.25) is 5.91 Å². The number of carbonyl (C=O) groups is 1. The molecule has 0 aliphatic carbocycles. The summed E-state index contributed by atoms with van der Waals surface area (Å²) < 4.78 is 0. The number of aromatic nitrogens is 1. The highest BCUT2D eigenvalue weighted by Gasteiger charge is 2.26. The molecule has 2 aliphatic heterocycles. The first kappa shape index (κ1) is 15.3. The lowest BCUT2D eigenvalue weighted by Crippen LogP contribution is -2.37. The molecule has 3 rings (SSSR count). The summed E-state index contributed by atoms with van der Waals surface area (Å²) in [7, 11) is 0. The number of piperidine rings is 2. The van der Waals surface area contributed by atoms with Crippen LogP contribution >= 0.6 is 0 Å². The molecular formula is C18H27N3O. The minimum Gasteiger partial charge on any atom is -0.356 e. The molecule has 1 aromatic heterocycles. The van der Waals surface area contributed by atoms with E-state index in [0.717, 1.165) is 38.3 Å². The Bertz CT molecular complexity index is 537. The Morgan fingerprint density at radius 2 is 1.86 bits per heavy atom. The third-order valence-electron chi connectivity index (χ3n) is 5.02. The Hall–Kier alpha value is -1.58. The maximum atomic E-state index is 11.9. The SMILES string of the molecule is CC(=O)N1CCCC[C@H]1c1cnc(N2CCCCC2)c(C)c1. The molecule has 22 heavy (non-hydrogen) atoms. The highest BCUT2D eigenvalue weighted by molar-refractivity contribution is 5.74. The molecule has 0 bridgehead atoms. The third-order valence-corrected chi connectivity index (χ3v) is 5.02. The van der Waals surface area contributed by atoms with Crippen LogP contribution in [0.15, 0.2) is 12.3 Å². The van der Waals surface area contributed by atoms with Crippen LogP contribution in [-0.4, -0.2) is 35.4 Å². The van der Waals surface area contributed by atoms with Crippen LogP contribution in [0.5, 0.6) is 0 Å². The van der Waals surface area contributed by atoms with Gasteiger partial charge in [0, 0.05) is 32.8 Å². The third kappa shape index (κ3) is 3.11. The first-order chi connectivity index (χ1) is 10.7. The molecular weight excluding hydrogens is 274 g/mol. The molecule has 1 aromatic rings. The molecule has 2 saturated heterocycles. The van der Waals surface area contributed by atoms with Crippen LogP contribution in [0.2, 0.25) is 0 Å². The van der Waals surface area contributed by atoms with Crippen molar-refractivity contribution in [3.8, 4) is 0 Å². The molecule has 1 amide bonds. The van der Waals surface area contributed by atoms with Gasteiger partial charge in [-0.1, -0.05) is 0 Å². The predicted octanol–water partition coefficient (Wildman–Crippen LogP) is 3.45. The summed E-state index contributed by atoms with van der Waals surface area (Å²) in [6.45, 7) is 6.96. The molecule has 0 aromatic carbocycles. The van der Waals surface area contributed by atoms with Gasteiger partial charge in [-0.05, 0) is 62.6 Å². The lowest BCUT2D eigenvalue weighted by atomic mass is 9.95. The highest BCUT2D eigenvalue weighted by Crippen LogP contribution is 2.32. The second-order valence-electron chi connectivity index (χ2n) is 6.68. The molecule has 2 aliphatic rings. The average Bonchev–Trinajstić information content (AvgIpc) is 2.55. The number of likely N-dealkylation sites (tertiary alicyclic amines) is 1. The second-order valence-corrected chi connectivity index (χ2v) is 6.68. The van der Waals surface area contributed by atoms with Crippen molar-refractivity contribution >= 4 is 11.7 Å². The monoisotopic (exact) mass is 301 g/mol. The maximum absolute atomic E-state index is 11.9. The lowest BCUT2D eigenvalue weighted by molar-refractivity contribution is -0.132. The van der Waals surface area contributed by atoms with Gasteiger partial charge in [0.05, 0.1) is 6.04 Å². The van der Waals surface area contributed by atoms with E-state index < -0.39 is 0 Å². The van der Waals surface area contributed by atoms with E-state index in [9.17, 15) is 4.79 Å². The number of aryl methyl sites for hydroxylation is 1. The molecule has 0 radical (unpaired) electrons. The summed E-state index contributed by atoms with van der Waals surface area (Å²) in [5, 5.41) is 0. The molecule has 2 fully saturated rings. The van der Waals surface area contributed by atoms with Gasteiger partial charge in [0.15, 0.2) is 0 Å².